The normalized spacial score (nSPS) is 8.50. The summed E-state index contributed by atoms with van der Waals surface area (Å²) >= 11 is 5.52. The Balaban J connectivity index is 0.000000810. The van der Waals surface area contributed by atoms with Crippen molar-refractivity contribution in [2.75, 3.05) is 5.88 Å². The zero-order valence-electron chi connectivity index (χ0n) is 5.50. The number of hydrogen-bond acceptors (Lipinski definition) is 0. The van der Waals surface area contributed by atoms with E-state index in [0.29, 0.717) is 5.88 Å². The first-order valence-electron chi connectivity index (χ1n) is 2.93. The minimum Gasteiger partial charge on any atom is -1.00 e. The quantitative estimate of drug-likeness (QED) is 0.372. The molecule has 0 bridgehead atoms. The topological polar surface area (TPSA) is 3.88 Å². The first-order valence-corrected chi connectivity index (χ1v) is 3.47. The number of pyridine rings is 1. The molecule has 0 aliphatic rings. The third kappa shape index (κ3) is 3.04. The van der Waals surface area contributed by atoms with Crippen LogP contribution in [-0.4, -0.2) is 5.88 Å². The smallest absolute Gasteiger partial charge is 0.168 e. The lowest BCUT2D eigenvalue weighted by molar-refractivity contribution is -0.692. The molecule has 0 radical (unpaired) electrons. The summed E-state index contributed by atoms with van der Waals surface area (Å²) < 4.78 is 2.05. The Morgan fingerprint density at radius 1 is 1.10 bits per heavy atom. The minimum absolute atomic E-state index is 0. The lowest BCUT2D eigenvalue weighted by Gasteiger charge is -1.87. The number of alkyl halides is 1. The van der Waals surface area contributed by atoms with Gasteiger partial charge in [-0.15, -0.1) is 11.6 Å². The average Bonchev–Trinajstić information content (AvgIpc) is 1.91. The fourth-order valence-corrected chi connectivity index (χ4v) is 0.876. The van der Waals surface area contributed by atoms with Crippen molar-refractivity contribution in [2.24, 2.45) is 0 Å². The highest BCUT2D eigenvalue weighted by Gasteiger charge is 1.91. The van der Waals surface area contributed by atoms with Gasteiger partial charge in [-0.2, -0.15) is 0 Å². The van der Waals surface area contributed by atoms with Crippen molar-refractivity contribution in [2.45, 2.75) is 6.54 Å². The standard InChI is InChI=1S/C7H9ClN.ClH/c8-4-7-9-5-2-1-3-6-9;/h1-3,5-6H,4,7H2;1H/q+1;/p-1. The maximum absolute atomic E-state index is 5.52. The van der Waals surface area contributed by atoms with Crippen LogP contribution in [-0.2, 0) is 6.54 Å². The number of hydrogen-bond donors (Lipinski definition) is 0. The third-order valence-corrected chi connectivity index (χ3v) is 1.29. The molecule has 0 amide bonds. The monoisotopic (exact) mass is 177 g/mol. The van der Waals surface area contributed by atoms with Crippen LogP contribution < -0.4 is 17.0 Å². The van der Waals surface area contributed by atoms with Crippen molar-refractivity contribution >= 4 is 11.6 Å². The first kappa shape index (κ1) is 9.73. The van der Waals surface area contributed by atoms with E-state index in [1.165, 1.54) is 0 Å². The molecule has 0 fully saturated rings. The summed E-state index contributed by atoms with van der Waals surface area (Å²) in [7, 11) is 0. The van der Waals surface area contributed by atoms with Gasteiger partial charge in [-0.1, -0.05) is 6.07 Å². The van der Waals surface area contributed by atoms with Gasteiger partial charge in [-0.3, -0.25) is 0 Å². The van der Waals surface area contributed by atoms with Gasteiger partial charge in [0.2, 0.25) is 0 Å². The minimum atomic E-state index is 0. The molecular formula is C7H9Cl2N. The number of aromatic nitrogens is 1. The summed E-state index contributed by atoms with van der Waals surface area (Å²) in [4.78, 5) is 0. The van der Waals surface area contributed by atoms with E-state index < -0.39 is 0 Å². The van der Waals surface area contributed by atoms with E-state index in [9.17, 15) is 0 Å². The van der Waals surface area contributed by atoms with E-state index in [1.807, 2.05) is 35.2 Å². The molecule has 0 spiro atoms. The fraction of sp³-hybridized carbons (Fsp3) is 0.286. The summed E-state index contributed by atoms with van der Waals surface area (Å²) in [5.74, 6) is 0.675. The Labute approximate surface area is 72.0 Å². The average molecular weight is 178 g/mol. The molecule has 10 heavy (non-hydrogen) atoms. The van der Waals surface area contributed by atoms with Gasteiger partial charge >= 0.3 is 0 Å². The zero-order valence-corrected chi connectivity index (χ0v) is 7.02. The van der Waals surface area contributed by atoms with Crippen LogP contribution in [0, 0.1) is 0 Å². The molecule has 0 saturated carbocycles. The zero-order chi connectivity index (χ0) is 6.53. The molecule has 0 aliphatic heterocycles. The van der Waals surface area contributed by atoms with Crippen LogP contribution in [0.25, 0.3) is 0 Å². The van der Waals surface area contributed by atoms with E-state index in [1.54, 1.807) is 0 Å². The molecule has 0 saturated heterocycles. The maximum Gasteiger partial charge on any atom is 0.168 e. The summed E-state index contributed by atoms with van der Waals surface area (Å²) in [6.07, 6.45) is 4.00. The highest BCUT2D eigenvalue weighted by atomic mass is 35.5. The molecule has 0 N–H and O–H groups in total. The lowest BCUT2D eigenvalue weighted by Crippen LogP contribution is -3.00. The van der Waals surface area contributed by atoms with Crippen molar-refractivity contribution < 1.29 is 17.0 Å². The Morgan fingerprint density at radius 3 is 2.20 bits per heavy atom. The Hall–Kier alpha value is -0.270. The number of halogens is 2. The molecule has 56 valence electrons. The van der Waals surface area contributed by atoms with Gasteiger partial charge < -0.3 is 12.4 Å². The second kappa shape index (κ2) is 5.51. The number of nitrogens with zero attached hydrogens (tertiary/aromatic N) is 1. The van der Waals surface area contributed by atoms with Gasteiger partial charge in [0.05, 0.1) is 5.88 Å². The molecular weight excluding hydrogens is 169 g/mol. The summed E-state index contributed by atoms with van der Waals surface area (Å²) in [6, 6.07) is 5.98. The van der Waals surface area contributed by atoms with Crippen molar-refractivity contribution in [1.29, 1.82) is 0 Å². The van der Waals surface area contributed by atoms with Crippen molar-refractivity contribution in [3.05, 3.63) is 30.6 Å². The van der Waals surface area contributed by atoms with Crippen LogP contribution in [0.4, 0.5) is 0 Å². The van der Waals surface area contributed by atoms with Crippen LogP contribution in [0.5, 0.6) is 0 Å². The van der Waals surface area contributed by atoms with Crippen LogP contribution in [0.1, 0.15) is 0 Å². The SMILES string of the molecule is ClCC[n+]1ccccc1.[Cl-]. The second-order valence-electron chi connectivity index (χ2n) is 1.80. The van der Waals surface area contributed by atoms with Crippen LogP contribution >= 0.6 is 11.6 Å². The van der Waals surface area contributed by atoms with E-state index in [4.69, 9.17) is 11.6 Å². The maximum atomic E-state index is 5.52. The van der Waals surface area contributed by atoms with E-state index in [2.05, 4.69) is 0 Å². The van der Waals surface area contributed by atoms with E-state index in [0.717, 1.165) is 6.54 Å². The van der Waals surface area contributed by atoms with E-state index >= 15 is 0 Å². The molecule has 1 nitrogen and oxygen atoms in total. The molecule has 3 heteroatoms. The van der Waals surface area contributed by atoms with Gasteiger partial charge in [-0.25, -0.2) is 4.57 Å². The van der Waals surface area contributed by atoms with Crippen molar-refractivity contribution in [1.82, 2.24) is 0 Å². The highest BCUT2D eigenvalue weighted by Crippen LogP contribution is 1.78. The van der Waals surface area contributed by atoms with Crippen LogP contribution in [0.2, 0.25) is 0 Å². The van der Waals surface area contributed by atoms with Crippen LogP contribution in [0.15, 0.2) is 30.6 Å². The second-order valence-corrected chi connectivity index (χ2v) is 2.18. The molecule has 1 aromatic heterocycles. The number of rotatable bonds is 2. The van der Waals surface area contributed by atoms with Crippen molar-refractivity contribution in [3.63, 3.8) is 0 Å². The lowest BCUT2D eigenvalue weighted by atomic mass is 10.5. The van der Waals surface area contributed by atoms with Gasteiger partial charge in [0.1, 0.15) is 0 Å². The molecule has 0 aromatic carbocycles. The van der Waals surface area contributed by atoms with Gasteiger partial charge in [0.15, 0.2) is 18.9 Å². The largest absolute Gasteiger partial charge is 1.00 e. The predicted octanol–water partition coefficient (Wildman–Crippen LogP) is -1.78. The van der Waals surface area contributed by atoms with Gasteiger partial charge in [0.25, 0.3) is 0 Å². The molecule has 1 heterocycles. The van der Waals surface area contributed by atoms with Gasteiger partial charge in [0, 0.05) is 12.1 Å². The molecule has 0 unspecified atom stereocenters. The summed E-state index contributed by atoms with van der Waals surface area (Å²) in [5, 5.41) is 0. The van der Waals surface area contributed by atoms with Crippen LogP contribution in [0.3, 0.4) is 0 Å². The summed E-state index contributed by atoms with van der Waals surface area (Å²) in [6.45, 7) is 0.891. The Kier molecular flexibility index (Phi) is 5.36. The molecule has 0 aliphatic carbocycles. The molecule has 1 aromatic rings. The Morgan fingerprint density at radius 2 is 1.70 bits per heavy atom. The van der Waals surface area contributed by atoms with E-state index in [-0.39, 0.29) is 12.4 Å². The van der Waals surface area contributed by atoms with Crippen molar-refractivity contribution in [3.8, 4) is 0 Å². The number of aryl methyl sites for hydroxylation is 1. The highest BCUT2D eigenvalue weighted by molar-refractivity contribution is 6.17. The first-order chi connectivity index (χ1) is 4.43. The summed E-state index contributed by atoms with van der Waals surface area (Å²) in [5.41, 5.74) is 0. The Bertz CT molecular complexity index is 165. The third-order valence-electron chi connectivity index (χ3n) is 1.12. The molecule has 1 rings (SSSR count). The molecule has 0 atom stereocenters. The predicted molar refractivity (Wildman–Crippen MR) is 37.4 cm³/mol. The van der Waals surface area contributed by atoms with Gasteiger partial charge in [-0.05, 0) is 0 Å². The fourth-order valence-electron chi connectivity index (χ4n) is 0.681.